The van der Waals surface area contributed by atoms with Crippen LogP contribution in [-0.2, 0) is 19.1 Å². The summed E-state index contributed by atoms with van der Waals surface area (Å²) in [5, 5.41) is 0. The van der Waals surface area contributed by atoms with E-state index >= 15 is 0 Å². The van der Waals surface area contributed by atoms with E-state index in [1.54, 1.807) is 36.1 Å². The van der Waals surface area contributed by atoms with E-state index in [9.17, 15) is 19.2 Å². The molecule has 1 unspecified atom stereocenters. The van der Waals surface area contributed by atoms with E-state index in [1.807, 2.05) is 24.3 Å². The number of anilines is 1. The zero-order valence-corrected chi connectivity index (χ0v) is 23.8. The van der Waals surface area contributed by atoms with Crippen LogP contribution in [0.25, 0.3) is 5.57 Å². The zero-order chi connectivity index (χ0) is 29.3. The van der Waals surface area contributed by atoms with E-state index in [4.69, 9.17) is 9.47 Å². The second-order valence-electron chi connectivity index (χ2n) is 9.61. The second-order valence-corrected chi connectivity index (χ2v) is 10.6. The van der Waals surface area contributed by atoms with Crippen molar-refractivity contribution in [2.75, 3.05) is 25.2 Å². The molecule has 1 aromatic heterocycles. The molecule has 2 aliphatic rings. The third-order valence-electron chi connectivity index (χ3n) is 7.08. The SMILES string of the molecule is C=CCOC(=O)C1=C(C)N=c2sc(=C3C(=O)N(CCCC)c4ccccc43)c(=O)n2C1c1ccc(C(=O)OC)cc1. The molecule has 1 amide bonds. The number of unbranched alkanes of at least 4 members (excludes halogenated alkanes) is 1. The number of ether oxygens (including phenoxy) is 2. The molecular formula is C31H29N3O6S. The summed E-state index contributed by atoms with van der Waals surface area (Å²) in [6, 6.07) is 13.0. The molecule has 2 aliphatic heterocycles. The van der Waals surface area contributed by atoms with Crippen LogP contribution in [0.5, 0.6) is 0 Å². The number of hydrogen-bond donors (Lipinski definition) is 0. The molecule has 0 bridgehead atoms. The number of benzene rings is 2. The lowest BCUT2D eigenvalue weighted by Crippen LogP contribution is -2.41. The number of amides is 1. The van der Waals surface area contributed by atoms with Gasteiger partial charge in [-0.2, -0.15) is 0 Å². The Hall–Kier alpha value is -4.57. The molecule has 0 N–H and O–H groups in total. The first-order valence-electron chi connectivity index (χ1n) is 13.2. The monoisotopic (exact) mass is 571 g/mol. The summed E-state index contributed by atoms with van der Waals surface area (Å²) in [4.78, 5) is 60.0. The Balaban J connectivity index is 1.75. The molecular weight excluding hydrogens is 542 g/mol. The molecule has 41 heavy (non-hydrogen) atoms. The van der Waals surface area contributed by atoms with E-state index in [0.29, 0.717) is 39.3 Å². The molecule has 0 spiro atoms. The van der Waals surface area contributed by atoms with Gasteiger partial charge in [0.25, 0.3) is 11.5 Å². The number of aromatic nitrogens is 1. The van der Waals surface area contributed by atoms with E-state index in [-0.39, 0.29) is 22.6 Å². The minimum atomic E-state index is -0.896. The zero-order valence-electron chi connectivity index (χ0n) is 23.0. The fourth-order valence-electron chi connectivity index (χ4n) is 5.12. The van der Waals surface area contributed by atoms with Gasteiger partial charge < -0.3 is 14.4 Å². The first-order valence-corrected chi connectivity index (χ1v) is 14.1. The first kappa shape index (κ1) is 28.0. The Kier molecular flexibility index (Phi) is 7.85. The molecule has 3 heterocycles. The van der Waals surface area contributed by atoms with Crippen LogP contribution in [0.4, 0.5) is 5.69 Å². The van der Waals surface area contributed by atoms with E-state index in [2.05, 4.69) is 18.5 Å². The van der Waals surface area contributed by atoms with Gasteiger partial charge in [0.2, 0.25) is 0 Å². The molecule has 2 aromatic carbocycles. The summed E-state index contributed by atoms with van der Waals surface area (Å²) in [5.41, 5.74) is 2.82. The van der Waals surface area contributed by atoms with Crippen LogP contribution in [-0.4, -0.2) is 42.7 Å². The highest BCUT2D eigenvalue weighted by Crippen LogP contribution is 2.36. The largest absolute Gasteiger partial charge is 0.465 e. The summed E-state index contributed by atoms with van der Waals surface area (Å²) in [7, 11) is 1.29. The minimum Gasteiger partial charge on any atom is -0.465 e. The van der Waals surface area contributed by atoms with Gasteiger partial charge in [-0.3, -0.25) is 14.2 Å². The van der Waals surface area contributed by atoms with Crippen LogP contribution in [0.15, 0.2) is 82.2 Å². The maximum atomic E-state index is 14.2. The van der Waals surface area contributed by atoms with Gasteiger partial charge in [-0.05, 0) is 37.1 Å². The molecule has 0 fully saturated rings. The molecule has 0 saturated carbocycles. The topological polar surface area (TPSA) is 107 Å². The summed E-state index contributed by atoms with van der Waals surface area (Å²) in [6.45, 7) is 7.87. The third-order valence-corrected chi connectivity index (χ3v) is 8.14. The van der Waals surface area contributed by atoms with Crippen LogP contribution in [0.2, 0.25) is 0 Å². The van der Waals surface area contributed by atoms with Crippen molar-refractivity contribution in [3.05, 3.63) is 109 Å². The number of hydrogen-bond acceptors (Lipinski definition) is 8. The highest BCUT2D eigenvalue weighted by molar-refractivity contribution is 7.07. The Labute approximate surface area is 240 Å². The predicted octanol–water partition coefficient (Wildman–Crippen LogP) is 3.27. The van der Waals surface area contributed by atoms with Crippen molar-refractivity contribution in [2.45, 2.75) is 32.7 Å². The van der Waals surface area contributed by atoms with Gasteiger partial charge in [-0.25, -0.2) is 14.6 Å². The van der Waals surface area contributed by atoms with Gasteiger partial charge in [0, 0.05) is 12.1 Å². The summed E-state index contributed by atoms with van der Waals surface area (Å²) in [5.74, 6) is -1.38. The first-order chi connectivity index (χ1) is 19.8. The predicted molar refractivity (Wildman–Crippen MR) is 155 cm³/mol. The number of carbonyl (C=O) groups excluding carboxylic acids is 3. The molecule has 0 aliphatic carbocycles. The number of rotatable bonds is 8. The second kappa shape index (κ2) is 11.5. The van der Waals surface area contributed by atoms with Crippen LogP contribution in [0.1, 0.15) is 54.2 Å². The van der Waals surface area contributed by atoms with Crippen molar-refractivity contribution in [3.63, 3.8) is 0 Å². The Morgan fingerprint density at radius 1 is 1.10 bits per heavy atom. The lowest BCUT2D eigenvalue weighted by Gasteiger charge is -2.24. The van der Waals surface area contributed by atoms with Crippen molar-refractivity contribution in [3.8, 4) is 0 Å². The molecule has 0 radical (unpaired) electrons. The normalized spacial score (nSPS) is 17.1. The highest BCUT2D eigenvalue weighted by atomic mass is 32.1. The number of esters is 2. The third kappa shape index (κ3) is 4.84. The molecule has 210 valence electrons. The standard InChI is InChI=1S/C31H29N3O6S/c1-5-7-16-33-22-11-9-8-10-21(22)24(27(33)35)26-28(36)34-25(19-12-14-20(15-13-19)29(37)39-4)23(30(38)40-17-6-2)18(3)32-31(34)41-26/h6,8-15,25H,2,5,7,16-17H2,1,3-4H3. The van der Waals surface area contributed by atoms with Crippen LogP contribution in [0.3, 0.4) is 0 Å². The highest BCUT2D eigenvalue weighted by Gasteiger charge is 2.37. The minimum absolute atomic E-state index is 0.0168. The van der Waals surface area contributed by atoms with Crippen molar-refractivity contribution < 1.29 is 23.9 Å². The van der Waals surface area contributed by atoms with Gasteiger partial charge in [0.05, 0.1) is 41.2 Å². The molecule has 5 rings (SSSR count). The van der Waals surface area contributed by atoms with Crippen LogP contribution in [0, 0.1) is 0 Å². The summed E-state index contributed by atoms with van der Waals surface area (Å²) < 4.78 is 11.9. The molecule has 0 saturated heterocycles. The molecule has 3 aromatic rings. The quantitative estimate of drug-likeness (QED) is 0.304. The fraction of sp³-hybridized carbons (Fsp3) is 0.258. The van der Waals surface area contributed by atoms with Gasteiger partial charge >= 0.3 is 11.9 Å². The van der Waals surface area contributed by atoms with E-state index in [0.717, 1.165) is 29.9 Å². The molecule has 10 heteroatoms. The maximum Gasteiger partial charge on any atom is 0.338 e. The Bertz CT molecular complexity index is 1780. The average Bonchev–Trinajstić information content (AvgIpc) is 3.45. The number of fused-ring (bicyclic) bond motifs is 2. The number of thiazole rings is 1. The van der Waals surface area contributed by atoms with E-state index in [1.165, 1.54) is 17.8 Å². The van der Waals surface area contributed by atoms with Crippen molar-refractivity contribution in [2.24, 2.45) is 4.99 Å². The van der Waals surface area contributed by atoms with Gasteiger partial charge in [-0.1, -0.05) is 67.7 Å². The average molecular weight is 572 g/mol. The molecule has 9 nitrogen and oxygen atoms in total. The lowest BCUT2D eigenvalue weighted by molar-refractivity contribution is -0.138. The Morgan fingerprint density at radius 3 is 2.51 bits per heavy atom. The number of para-hydroxylation sites is 1. The van der Waals surface area contributed by atoms with Crippen LogP contribution < -0.4 is 19.8 Å². The Morgan fingerprint density at radius 2 is 1.83 bits per heavy atom. The van der Waals surface area contributed by atoms with Crippen molar-refractivity contribution in [1.29, 1.82) is 0 Å². The number of methoxy groups -OCH3 is 1. The molecule has 1 atom stereocenters. The van der Waals surface area contributed by atoms with Gasteiger partial charge in [0.15, 0.2) is 4.80 Å². The smallest absolute Gasteiger partial charge is 0.338 e. The van der Waals surface area contributed by atoms with Gasteiger partial charge in [0.1, 0.15) is 11.1 Å². The maximum absolute atomic E-state index is 14.2. The van der Waals surface area contributed by atoms with Crippen LogP contribution >= 0.6 is 11.3 Å². The lowest BCUT2D eigenvalue weighted by atomic mass is 9.95. The summed E-state index contributed by atoms with van der Waals surface area (Å²) >= 11 is 1.12. The summed E-state index contributed by atoms with van der Waals surface area (Å²) in [6.07, 6.45) is 3.20. The van der Waals surface area contributed by atoms with Gasteiger partial charge in [-0.15, -0.1) is 0 Å². The number of allylic oxidation sites excluding steroid dienone is 1. The van der Waals surface area contributed by atoms with Crippen molar-refractivity contribution >= 4 is 40.4 Å². The van der Waals surface area contributed by atoms with E-state index < -0.39 is 23.5 Å². The number of nitrogens with zero attached hydrogens (tertiary/aromatic N) is 3. The van der Waals surface area contributed by atoms with Crippen molar-refractivity contribution in [1.82, 2.24) is 4.57 Å². The fourth-order valence-corrected chi connectivity index (χ4v) is 6.25. The number of carbonyl (C=O) groups is 3.